The Balaban J connectivity index is 1.77. The monoisotopic (exact) mass is 431 g/mol. The van der Waals surface area contributed by atoms with Gasteiger partial charge in [-0.15, -0.1) is 0 Å². The first kappa shape index (κ1) is 18.6. The van der Waals surface area contributed by atoms with E-state index in [0.717, 1.165) is 41.1 Å². The lowest BCUT2D eigenvalue weighted by atomic mass is 9.77. The zero-order valence-corrected chi connectivity index (χ0v) is 17.6. The third kappa shape index (κ3) is 3.43. The molecule has 1 fully saturated rings. The topological polar surface area (TPSA) is 39.7 Å². The number of ether oxygens (including phenoxy) is 3. The van der Waals surface area contributed by atoms with Crippen molar-refractivity contribution in [2.75, 3.05) is 25.6 Å². The van der Waals surface area contributed by atoms with Crippen molar-refractivity contribution in [3.05, 3.63) is 51.5 Å². The van der Waals surface area contributed by atoms with Crippen LogP contribution in [0.5, 0.6) is 11.5 Å². The quantitative estimate of drug-likeness (QED) is 0.663. The molecule has 2 aromatic carbocycles. The van der Waals surface area contributed by atoms with E-state index in [1.165, 1.54) is 16.7 Å². The Morgan fingerprint density at radius 2 is 2.11 bits per heavy atom. The fourth-order valence-corrected chi connectivity index (χ4v) is 4.90. The first-order chi connectivity index (χ1) is 13.1. The van der Waals surface area contributed by atoms with Crippen LogP contribution < -0.4 is 14.8 Å². The second-order valence-electron chi connectivity index (χ2n) is 7.28. The maximum atomic E-state index is 6.26. The van der Waals surface area contributed by atoms with Crippen LogP contribution in [0.1, 0.15) is 48.6 Å². The summed E-state index contributed by atoms with van der Waals surface area (Å²) in [6.45, 7) is 5.54. The third-order valence-corrected chi connectivity index (χ3v) is 6.11. The molecular formula is C22H26BrNO3. The molecule has 1 N–H and O–H groups in total. The number of methoxy groups -OCH3 is 1. The van der Waals surface area contributed by atoms with E-state index in [1.807, 2.05) is 6.92 Å². The minimum absolute atomic E-state index is 0.135. The van der Waals surface area contributed by atoms with Gasteiger partial charge in [-0.25, -0.2) is 0 Å². The molecule has 3 atom stereocenters. The highest BCUT2D eigenvalue weighted by atomic mass is 79.9. The van der Waals surface area contributed by atoms with Gasteiger partial charge in [-0.3, -0.25) is 0 Å². The van der Waals surface area contributed by atoms with Crippen LogP contribution in [0.4, 0.5) is 5.69 Å². The molecule has 0 saturated carbocycles. The summed E-state index contributed by atoms with van der Waals surface area (Å²) in [5, 5.41) is 3.77. The molecule has 0 unspecified atom stereocenters. The molecular weight excluding hydrogens is 406 g/mol. The van der Waals surface area contributed by atoms with Crippen LogP contribution in [0.15, 0.2) is 34.8 Å². The van der Waals surface area contributed by atoms with Crippen LogP contribution in [-0.4, -0.2) is 20.3 Å². The summed E-state index contributed by atoms with van der Waals surface area (Å²) in [5.74, 6) is 1.90. The Morgan fingerprint density at radius 3 is 2.89 bits per heavy atom. The Kier molecular flexibility index (Phi) is 5.33. The fourth-order valence-electron chi connectivity index (χ4n) is 4.32. The van der Waals surface area contributed by atoms with Crippen molar-refractivity contribution < 1.29 is 14.2 Å². The Labute approximate surface area is 169 Å². The van der Waals surface area contributed by atoms with E-state index in [1.54, 1.807) is 7.11 Å². The standard InChI is InChI=1S/C22H26BrNO3/c1-4-26-22-17(23)11-14(12-19(22)25-3)20-15-6-5-9-27-21(15)16-10-13(2)7-8-18(16)24-20/h7-8,10-12,15,20-21,24H,4-6,9H2,1-3H3/t15-,20+,21-/m0/s1. The van der Waals surface area contributed by atoms with Gasteiger partial charge < -0.3 is 19.5 Å². The van der Waals surface area contributed by atoms with E-state index < -0.39 is 0 Å². The second-order valence-corrected chi connectivity index (χ2v) is 8.13. The van der Waals surface area contributed by atoms with E-state index in [0.29, 0.717) is 12.5 Å². The second kappa shape index (κ2) is 7.72. The maximum Gasteiger partial charge on any atom is 0.175 e. The Morgan fingerprint density at radius 1 is 1.26 bits per heavy atom. The summed E-state index contributed by atoms with van der Waals surface area (Å²) in [6, 6.07) is 11.0. The smallest absolute Gasteiger partial charge is 0.175 e. The highest BCUT2D eigenvalue weighted by Crippen LogP contribution is 2.50. The molecule has 2 aliphatic rings. The van der Waals surface area contributed by atoms with Crippen molar-refractivity contribution >= 4 is 21.6 Å². The van der Waals surface area contributed by atoms with Gasteiger partial charge in [-0.1, -0.05) is 17.7 Å². The summed E-state index contributed by atoms with van der Waals surface area (Å²) >= 11 is 3.67. The van der Waals surface area contributed by atoms with Crippen molar-refractivity contribution in [2.24, 2.45) is 5.92 Å². The number of rotatable bonds is 4. The van der Waals surface area contributed by atoms with Crippen LogP contribution >= 0.6 is 15.9 Å². The van der Waals surface area contributed by atoms with Gasteiger partial charge in [-0.2, -0.15) is 0 Å². The van der Waals surface area contributed by atoms with Crippen molar-refractivity contribution in [3.8, 4) is 11.5 Å². The van der Waals surface area contributed by atoms with Gasteiger partial charge in [0.2, 0.25) is 0 Å². The van der Waals surface area contributed by atoms with Crippen LogP contribution in [0.25, 0.3) is 0 Å². The van der Waals surface area contributed by atoms with Crippen LogP contribution in [-0.2, 0) is 4.74 Å². The average Bonchev–Trinajstić information content (AvgIpc) is 2.69. The summed E-state index contributed by atoms with van der Waals surface area (Å²) in [6.07, 6.45) is 2.37. The molecule has 0 spiro atoms. The van der Waals surface area contributed by atoms with Crippen LogP contribution in [0.3, 0.4) is 0 Å². The van der Waals surface area contributed by atoms with E-state index >= 15 is 0 Å². The first-order valence-electron chi connectivity index (χ1n) is 9.61. The predicted molar refractivity (Wildman–Crippen MR) is 111 cm³/mol. The van der Waals surface area contributed by atoms with E-state index in [2.05, 4.69) is 58.5 Å². The number of benzene rings is 2. The molecule has 0 aromatic heterocycles. The van der Waals surface area contributed by atoms with Crippen molar-refractivity contribution in [1.29, 1.82) is 0 Å². The number of nitrogens with one attached hydrogen (secondary N) is 1. The molecule has 144 valence electrons. The highest BCUT2D eigenvalue weighted by Gasteiger charge is 2.40. The average molecular weight is 432 g/mol. The van der Waals surface area contributed by atoms with Crippen LogP contribution in [0.2, 0.25) is 0 Å². The molecule has 2 heterocycles. The summed E-state index contributed by atoms with van der Waals surface area (Å²) in [5.41, 5.74) is 4.91. The molecule has 4 rings (SSSR count). The third-order valence-electron chi connectivity index (χ3n) is 5.52. The maximum absolute atomic E-state index is 6.26. The van der Waals surface area contributed by atoms with Crippen molar-refractivity contribution in [3.63, 3.8) is 0 Å². The number of hydrogen-bond acceptors (Lipinski definition) is 4. The Hall–Kier alpha value is -1.72. The van der Waals surface area contributed by atoms with Crippen molar-refractivity contribution in [2.45, 2.75) is 38.8 Å². The molecule has 2 aromatic rings. The lowest BCUT2D eigenvalue weighted by Gasteiger charge is -2.43. The molecule has 2 aliphatic heterocycles. The minimum Gasteiger partial charge on any atom is -0.493 e. The Bertz CT molecular complexity index is 839. The number of hydrogen-bond donors (Lipinski definition) is 1. The zero-order chi connectivity index (χ0) is 19.0. The van der Waals surface area contributed by atoms with Gasteiger partial charge in [-0.05, 0) is 66.4 Å². The van der Waals surface area contributed by atoms with E-state index in [4.69, 9.17) is 14.2 Å². The molecule has 0 aliphatic carbocycles. The lowest BCUT2D eigenvalue weighted by Crippen LogP contribution is -2.36. The number of anilines is 1. The number of aryl methyl sites for hydroxylation is 1. The molecule has 27 heavy (non-hydrogen) atoms. The summed E-state index contributed by atoms with van der Waals surface area (Å²) in [4.78, 5) is 0. The van der Waals surface area contributed by atoms with Gasteiger partial charge in [0, 0.05) is 23.8 Å². The number of halogens is 1. The molecule has 1 saturated heterocycles. The normalized spacial score (nSPS) is 23.8. The molecule has 5 heteroatoms. The largest absolute Gasteiger partial charge is 0.493 e. The molecule has 0 bridgehead atoms. The number of fused-ring (bicyclic) bond motifs is 3. The van der Waals surface area contributed by atoms with Gasteiger partial charge >= 0.3 is 0 Å². The highest BCUT2D eigenvalue weighted by molar-refractivity contribution is 9.10. The van der Waals surface area contributed by atoms with Gasteiger partial charge in [0.15, 0.2) is 11.5 Å². The van der Waals surface area contributed by atoms with Gasteiger partial charge in [0.05, 0.1) is 30.3 Å². The lowest BCUT2D eigenvalue weighted by molar-refractivity contribution is -0.0381. The molecule has 0 radical (unpaired) electrons. The predicted octanol–water partition coefficient (Wildman–Crippen LogP) is 5.80. The van der Waals surface area contributed by atoms with Crippen molar-refractivity contribution in [1.82, 2.24) is 0 Å². The zero-order valence-electron chi connectivity index (χ0n) is 16.0. The molecule has 4 nitrogen and oxygen atoms in total. The fraction of sp³-hybridized carbons (Fsp3) is 0.455. The van der Waals surface area contributed by atoms with Gasteiger partial charge in [0.25, 0.3) is 0 Å². The summed E-state index contributed by atoms with van der Waals surface area (Å²) < 4.78 is 18.6. The minimum atomic E-state index is 0.135. The van der Waals surface area contributed by atoms with E-state index in [9.17, 15) is 0 Å². The summed E-state index contributed by atoms with van der Waals surface area (Å²) in [7, 11) is 1.69. The van der Waals surface area contributed by atoms with Crippen LogP contribution in [0, 0.1) is 12.8 Å². The SMILES string of the molecule is CCOc1c(Br)cc([C@H]2Nc3ccc(C)cc3[C@H]3OCCC[C@@H]23)cc1OC. The van der Waals surface area contributed by atoms with Gasteiger partial charge in [0.1, 0.15) is 0 Å². The first-order valence-corrected chi connectivity index (χ1v) is 10.4. The molecule has 0 amide bonds. The van der Waals surface area contributed by atoms with E-state index in [-0.39, 0.29) is 12.1 Å².